The molecule has 17 heavy (non-hydrogen) atoms. The molecule has 0 aromatic heterocycles. The number of aliphatic hydroxyl groups is 1. The van der Waals surface area contributed by atoms with Gasteiger partial charge in [-0.05, 0) is 18.8 Å². The van der Waals surface area contributed by atoms with Crippen molar-refractivity contribution in [1.29, 1.82) is 0 Å². The monoisotopic (exact) mass is 242 g/mol. The summed E-state index contributed by atoms with van der Waals surface area (Å²) in [6.45, 7) is 8.09. The molecule has 1 amide bonds. The summed E-state index contributed by atoms with van der Waals surface area (Å²) < 4.78 is 0. The van der Waals surface area contributed by atoms with Gasteiger partial charge >= 0.3 is 0 Å². The van der Waals surface area contributed by atoms with Gasteiger partial charge in [0.15, 0.2) is 0 Å². The van der Waals surface area contributed by atoms with Crippen LogP contribution in [0.4, 0.5) is 0 Å². The van der Waals surface area contributed by atoms with E-state index >= 15 is 0 Å². The topological polar surface area (TPSA) is 52.6 Å². The fraction of sp³-hybridized carbons (Fsp3) is 0.923. The lowest BCUT2D eigenvalue weighted by atomic mass is 10.0. The molecule has 0 spiro atoms. The number of nitrogens with one attached hydrogen (secondary N) is 1. The Morgan fingerprint density at radius 1 is 1.47 bits per heavy atom. The Kier molecular flexibility index (Phi) is 5.92. The van der Waals surface area contributed by atoms with E-state index in [1.165, 1.54) is 0 Å². The van der Waals surface area contributed by atoms with Gasteiger partial charge in [0.05, 0.1) is 6.10 Å². The lowest BCUT2D eigenvalue weighted by Crippen LogP contribution is -2.42. The van der Waals surface area contributed by atoms with Crippen molar-refractivity contribution in [3.8, 4) is 0 Å². The predicted octanol–water partition coefficient (Wildman–Crippen LogP) is 0.994. The van der Waals surface area contributed by atoms with Gasteiger partial charge in [0, 0.05) is 32.1 Å². The molecule has 0 aromatic rings. The molecular formula is C13H26N2O2. The van der Waals surface area contributed by atoms with Gasteiger partial charge in [0.1, 0.15) is 0 Å². The van der Waals surface area contributed by atoms with E-state index < -0.39 is 6.10 Å². The smallest absolute Gasteiger partial charge is 0.222 e. The van der Waals surface area contributed by atoms with Crippen LogP contribution in [0.15, 0.2) is 0 Å². The quantitative estimate of drug-likeness (QED) is 0.756. The number of hydrogen-bond acceptors (Lipinski definition) is 3. The standard InChI is InChI=1S/C13H26N2O2/c1-10(2)14-8-12(16)9-15-7-6-11(3)4-5-13(15)17/h10-12,14,16H,4-9H2,1-3H3. The highest BCUT2D eigenvalue weighted by molar-refractivity contribution is 5.76. The van der Waals surface area contributed by atoms with Gasteiger partial charge < -0.3 is 15.3 Å². The highest BCUT2D eigenvalue weighted by Gasteiger charge is 2.22. The van der Waals surface area contributed by atoms with E-state index in [4.69, 9.17) is 0 Å². The molecule has 0 aromatic carbocycles. The average molecular weight is 242 g/mol. The van der Waals surface area contributed by atoms with Crippen LogP contribution in [0.25, 0.3) is 0 Å². The van der Waals surface area contributed by atoms with Gasteiger partial charge in [-0.3, -0.25) is 4.79 Å². The SMILES string of the molecule is CC1CCC(=O)N(CC(O)CNC(C)C)CC1. The number of likely N-dealkylation sites (tertiary alicyclic amines) is 1. The predicted molar refractivity (Wildman–Crippen MR) is 68.7 cm³/mol. The molecular weight excluding hydrogens is 216 g/mol. The molecule has 4 heteroatoms. The van der Waals surface area contributed by atoms with Crippen LogP contribution >= 0.6 is 0 Å². The summed E-state index contributed by atoms with van der Waals surface area (Å²) >= 11 is 0. The molecule has 0 aliphatic carbocycles. The first-order valence-electron chi connectivity index (χ1n) is 6.68. The number of carbonyl (C=O) groups is 1. The van der Waals surface area contributed by atoms with Crippen LogP contribution < -0.4 is 5.32 Å². The van der Waals surface area contributed by atoms with Crippen LogP contribution in [0.1, 0.15) is 40.0 Å². The van der Waals surface area contributed by atoms with Gasteiger partial charge in [-0.1, -0.05) is 20.8 Å². The Hall–Kier alpha value is -0.610. The number of amides is 1. The number of β-amino-alcohol motifs (C(OH)–C–C–N with tert-alkyl or cyclic N) is 1. The van der Waals surface area contributed by atoms with Gasteiger partial charge in [-0.15, -0.1) is 0 Å². The fourth-order valence-corrected chi connectivity index (χ4v) is 2.06. The summed E-state index contributed by atoms with van der Waals surface area (Å²) in [5.41, 5.74) is 0. The normalized spacial score (nSPS) is 23.9. The first kappa shape index (κ1) is 14.5. The Balaban J connectivity index is 2.35. The summed E-state index contributed by atoms with van der Waals surface area (Å²) in [5.74, 6) is 0.813. The minimum absolute atomic E-state index is 0.193. The average Bonchev–Trinajstić information content (AvgIpc) is 2.42. The van der Waals surface area contributed by atoms with Crippen LogP contribution in [-0.2, 0) is 4.79 Å². The van der Waals surface area contributed by atoms with Gasteiger partial charge in [-0.25, -0.2) is 0 Å². The molecule has 4 nitrogen and oxygen atoms in total. The number of nitrogens with zero attached hydrogens (tertiary/aromatic N) is 1. The zero-order chi connectivity index (χ0) is 12.8. The minimum atomic E-state index is -0.463. The van der Waals surface area contributed by atoms with Crippen LogP contribution in [0.5, 0.6) is 0 Å². The summed E-state index contributed by atoms with van der Waals surface area (Å²) in [6, 6.07) is 0.365. The van der Waals surface area contributed by atoms with Crippen molar-refractivity contribution in [2.45, 2.75) is 52.2 Å². The first-order chi connectivity index (χ1) is 7.99. The Morgan fingerprint density at radius 2 is 2.18 bits per heavy atom. The van der Waals surface area contributed by atoms with E-state index in [0.29, 0.717) is 31.5 Å². The molecule has 1 aliphatic heterocycles. The van der Waals surface area contributed by atoms with E-state index in [9.17, 15) is 9.90 Å². The van der Waals surface area contributed by atoms with E-state index in [2.05, 4.69) is 12.2 Å². The Labute approximate surface area is 104 Å². The molecule has 0 saturated carbocycles. The van der Waals surface area contributed by atoms with Crippen molar-refractivity contribution < 1.29 is 9.90 Å². The van der Waals surface area contributed by atoms with Crippen LogP contribution in [0.2, 0.25) is 0 Å². The van der Waals surface area contributed by atoms with Crippen molar-refractivity contribution in [2.24, 2.45) is 5.92 Å². The molecule has 2 atom stereocenters. The van der Waals surface area contributed by atoms with Crippen molar-refractivity contribution in [1.82, 2.24) is 10.2 Å². The van der Waals surface area contributed by atoms with Crippen LogP contribution in [0, 0.1) is 5.92 Å². The molecule has 1 rings (SSSR count). The van der Waals surface area contributed by atoms with Crippen molar-refractivity contribution in [3.05, 3.63) is 0 Å². The Morgan fingerprint density at radius 3 is 2.82 bits per heavy atom. The molecule has 2 unspecified atom stereocenters. The number of hydrogen-bond donors (Lipinski definition) is 2. The zero-order valence-corrected chi connectivity index (χ0v) is 11.3. The van der Waals surface area contributed by atoms with Crippen LogP contribution in [0.3, 0.4) is 0 Å². The number of carbonyl (C=O) groups excluding carboxylic acids is 1. The molecule has 2 N–H and O–H groups in total. The molecule has 1 heterocycles. The summed E-state index contributed by atoms with van der Waals surface area (Å²) in [7, 11) is 0. The van der Waals surface area contributed by atoms with Gasteiger partial charge in [0.25, 0.3) is 0 Å². The van der Waals surface area contributed by atoms with Crippen molar-refractivity contribution >= 4 is 5.91 Å². The third kappa shape index (κ3) is 5.50. The maximum Gasteiger partial charge on any atom is 0.222 e. The second-order valence-corrected chi connectivity index (χ2v) is 5.49. The van der Waals surface area contributed by atoms with E-state index in [1.807, 2.05) is 18.7 Å². The number of rotatable bonds is 5. The molecule has 1 saturated heterocycles. The second-order valence-electron chi connectivity index (χ2n) is 5.49. The highest BCUT2D eigenvalue weighted by Crippen LogP contribution is 2.17. The van der Waals surface area contributed by atoms with E-state index in [-0.39, 0.29) is 5.91 Å². The fourth-order valence-electron chi connectivity index (χ4n) is 2.06. The third-order valence-electron chi connectivity index (χ3n) is 3.29. The number of aliphatic hydroxyl groups excluding tert-OH is 1. The first-order valence-corrected chi connectivity index (χ1v) is 6.68. The van der Waals surface area contributed by atoms with Crippen molar-refractivity contribution in [3.63, 3.8) is 0 Å². The molecule has 0 radical (unpaired) electrons. The summed E-state index contributed by atoms with van der Waals surface area (Å²) in [5, 5.41) is 13.1. The zero-order valence-electron chi connectivity index (χ0n) is 11.3. The lowest BCUT2D eigenvalue weighted by molar-refractivity contribution is -0.132. The van der Waals surface area contributed by atoms with E-state index in [1.54, 1.807) is 0 Å². The highest BCUT2D eigenvalue weighted by atomic mass is 16.3. The third-order valence-corrected chi connectivity index (χ3v) is 3.29. The second kappa shape index (κ2) is 6.97. The van der Waals surface area contributed by atoms with Crippen LogP contribution in [-0.4, -0.2) is 47.7 Å². The summed E-state index contributed by atoms with van der Waals surface area (Å²) in [4.78, 5) is 13.6. The maximum absolute atomic E-state index is 11.8. The molecule has 0 bridgehead atoms. The lowest BCUT2D eigenvalue weighted by Gasteiger charge is -2.24. The van der Waals surface area contributed by atoms with Gasteiger partial charge in [-0.2, -0.15) is 0 Å². The molecule has 1 aliphatic rings. The minimum Gasteiger partial charge on any atom is -0.390 e. The largest absolute Gasteiger partial charge is 0.390 e. The van der Waals surface area contributed by atoms with Gasteiger partial charge in [0.2, 0.25) is 5.91 Å². The van der Waals surface area contributed by atoms with E-state index in [0.717, 1.165) is 19.4 Å². The maximum atomic E-state index is 11.8. The van der Waals surface area contributed by atoms with Crippen molar-refractivity contribution in [2.75, 3.05) is 19.6 Å². The molecule has 1 fully saturated rings. The Bertz CT molecular complexity index is 244. The molecule has 100 valence electrons. The summed E-state index contributed by atoms with van der Waals surface area (Å²) in [6.07, 6.45) is 2.20.